The largest absolute Gasteiger partial charge is 0.378 e. The van der Waals surface area contributed by atoms with Crippen molar-refractivity contribution < 1.29 is 0 Å². The number of halogens is 2. The summed E-state index contributed by atoms with van der Waals surface area (Å²) >= 11 is 5.80. The van der Waals surface area contributed by atoms with Crippen molar-refractivity contribution in [3.05, 3.63) is 55.8 Å². The molecule has 0 saturated heterocycles. The minimum absolute atomic E-state index is 0.749. The van der Waals surface area contributed by atoms with Crippen molar-refractivity contribution in [3.8, 4) is 0 Å². The van der Waals surface area contributed by atoms with Crippen LogP contribution >= 0.6 is 38.5 Å². The monoisotopic (exact) mass is 402 g/mol. The predicted octanol–water partition coefficient (Wildman–Crippen LogP) is 4.37. The number of anilines is 1. The molecule has 1 aromatic heterocycles. The molecule has 0 atom stereocenters. The van der Waals surface area contributed by atoms with Crippen LogP contribution in [0.1, 0.15) is 11.3 Å². The molecule has 0 spiro atoms. The van der Waals surface area contributed by atoms with Gasteiger partial charge in [0.05, 0.1) is 12.2 Å². The summed E-state index contributed by atoms with van der Waals surface area (Å²) < 4.78 is 2.29. The summed E-state index contributed by atoms with van der Waals surface area (Å²) in [5, 5.41) is 3.41. The number of benzene rings is 1. The molecule has 4 heteroatoms. The van der Waals surface area contributed by atoms with E-state index in [0.29, 0.717) is 0 Å². The fourth-order valence-corrected chi connectivity index (χ4v) is 2.40. The second-order valence-corrected chi connectivity index (χ2v) is 5.82. The lowest BCUT2D eigenvalue weighted by Crippen LogP contribution is -2.04. The van der Waals surface area contributed by atoms with Gasteiger partial charge in [-0.15, -0.1) is 0 Å². The number of rotatable bonds is 3. The normalized spacial score (nSPS) is 10.3. The van der Waals surface area contributed by atoms with Gasteiger partial charge in [-0.25, -0.2) is 0 Å². The van der Waals surface area contributed by atoms with E-state index in [-0.39, 0.29) is 0 Å². The molecule has 88 valence electrons. The van der Waals surface area contributed by atoms with Crippen LogP contribution in [0.4, 0.5) is 5.69 Å². The third-order valence-corrected chi connectivity index (χ3v) is 3.93. The molecule has 0 bridgehead atoms. The third kappa shape index (κ3) is 3.42. The van der Waals surface area contributed by atoms with Crippen molar-refractivity contribution in [2.24, 2.45) is 0 Å². The van der Waals surface area contributed by atoms with E-state index in [2.05, 4.69) is 73.9 Å². The smallest absolute Gasteiger partial charge is 0.0623 e. The molecule has 2 rings (SSSR count). The molecule has 1 N–H and O–H groups in total. The molecule has 0 fully saturated rings. The van der Waals surface area contributed by atoms with Crippen molar-refractivity contribution in [2.45, 2.75) is 13.5 Å². The molecule has 1 aromatic carbocycles. The van der Waals surface area contributed by atoms with Crippen molar-refractivity contribution in [3.63, 3.8) is 0 Å². The highest BCUT2D eigenvalue weighted by Crippen LogP contribution is 2.23. The maximum atomic E-state index is 4.37. The topological polar surface area (TPSA) is 24.9 Å². The van der Waals surface area contributed by atoms with E-state index in [1.54, 1.807) is 0 Å². The fraction of sp³-hybridized carbons (Fsp3) is 0.154. The maximum absolute atomic E-state index is 4.37. The first-order chi connectivity index (χ1) is 8.16. The molecule has 2 aromatic rings. The van der Waals surface area contributed by atoms with Crippen molar-refractivity contribution in [1.29, 1.82) is 0 Å². The number of nitrogens with zero attached hydrogens (tertiary/aromatic N) is 1. The number of nitrogens with one attached hydrogen (secondary N) is 1. The van der Waals surface area contributed by atoms with E-state index in [0.717, 1.165) is 22.4 Å². The Labute approximate surface area is 123 Å². The van der Waals surface area contributed by atoms with Crippen LogP contribution in [-0.2, 0) is 6.54 Å². The molecule has 0 radical (unpaired) electrons. The van der Waals surface area contributed by atoms with E-state index >= 15 is 0 Å². The van der Waals surface area contributed by atoms with Gasteiger partial charge in [0.15, 0.2) is 0 Å². The highest BCUT2D eigenvalue weighted by molar-refractivity contribution is 14.1. The van der Waals surface area contributed by atoms with E-state index in [1.165, 1.54) is 9.13 Å². The summed E-state index contributed by atoms with van der Waals surface area (Å²) in [5.41, 5.74) is 3.43. The Bertz CT molecular complexity index is 529. The maximum Gasteiger partial charge on any atom is 0.0623 e. The van der Waals surface area contributed by atoms with Gasteiger partial charge in [0.2, 0.25) is 0 Å². The van der Waals surface area contributed by atoms with E-state index in [9.17, 15) is 0 Å². The van der Waals surface area contributed by atoms with Gasteiger partial charge in [-0.2, -0.15) is 0 Å². The molecule has 2 nitrogen and oxygen atoms in total. The molecular weight excluding hydrogens is 391 g/mol. The molecule has 0 aliphatic carbocycles. The Balaban J connectivity index is 2.12. The van der Waals surface area contributed by atoms with Gasteiger partial charge in [-0.05, 0) is 59.3 Å². The Morgan fingerprint density at radius 1 is 1.35 bits per heavy atom. The first kappa shape index (κ1) is 12.8. The lowest BCUT2D eigenvalue weighted by molar-refractivity contribution is 1.02. The standard InChI is InChI=1S/C13H12BrIN2/c1-9-3-2-6-16-13(9)8-17-12-7-10(14)4-5-11(12)15/h2-7,17H,8H2,1H3. The molecule has 0 aliphatic heterocycles. The molecule has 0 unspecified atom stereocenters. The minimum Gasteiger partial charge on any atom is -0.378 e. The fourth-order valence-electron chi connectivity index (χ4n) is 1.52. The van der Waals surface area contributed by atoms with Gasteiger partial charge in [0.1, 0.15) is 0 Å². The number of hydrogen-bond donors (Lipinski definition) is 1. The Morgan fingerprint density at radius 2 is 2.18 bits per heavy atom. The molecule has 0 aliphatic rings. The van der Waals surface area contributed by atoms with Gasteiger partial charge >= 0.3 is 0 Å². The van der Waals surface area contributed by atoms with E-state index < -0.39 is 0 Å². The first-order valence-corrected chi connectivity index (χ1v) is 7.13. The number of hydrogen-bond acceptors (Lipinski definition) is 2. The Kier molecular flexibility index (Phi) is 4.39. The lowest BCUT2D eigenvalue weighted by Gasteiger charge is -2.10. The van der Waals surface area contributed by atoms with Crippen LogP contribution in [0.25, 0.3) is 0 Å². The zero-order valence-electron chi connectivity index (χ0n) is 9.37. The molecule has 0 amide bonds. The van der Waals surface area contributed by atoms with Gasteiger partial charge in [0.25, 0.3) is 0 Å². The molecule has 17 heavy (non-hydrogen) atoms. The van der Waals surface area contributed by atoms with Crippen molar-refractivity contribution in [1.82, 2.24) is 4.98 Å². The number of aryl methyl sites for hydroxylation is 1. The van der Waals surface area contributed by atoms with Crippen LogP contribution in [0.15, 0.2) is 41.0 Å². The summed E-state index contributed by atoms with van der Waals surface area (Å²) in [7, 11) is 0. The van der Waals surface area contributed by atoms with Crippen LogP contribution in [0, 0.1) is 10.5 Å². The zero-order chi connectivity index (χ0) is 12.3. The molecule has 1 heterocycles. The van der Waals surface area contributed by atoms with Crippen LogP contribution in [-0.4, -0.2) is 4.98 Å². The average molecular weight is 403 g/mol. The summed E-state index contributed by atoms with van der Waals surface area (Å²) in [6.45, 7) is 2.83. The van der Waals surface area contributed by atoms with Gasteiger partial charge in [0, 0.05) is 19.9 Å². The zero-order valence-corrected chi connectivity index (χ0v) is 13.1. The highest BCUT2D eigenvalue weighted by Gasteiger charge is 2.02. The lowest BCUT2D eigenvalue weighted by atomic mass is 10.2. The Morgan fingerprint density at radius 3 is 2.94 bits per heavy atom. The van der Waals surface area contributed by atoms with Gasteiger partial charge < -0.3 is 5.32 Å². The van der Waals surface area contributed by atoms with Crippen LogP contribution in [0.3, 0.4) is 0 Å². The van der Waals surface area contributed by atoms with Crippen LogP contribution in [0.2, 0.25) is 0 Å². The second kappa shape index (κ2) is 5.82. The van der Waals surface area contributed by atoms with Gasteiger partial charge in [-0.3, -0.25) is 4.98 Å². The van der Waals surface area contributed by atoms with E-state index in [1.807, 2.05) is 18.3 Å². The average Bonchev–Trinajstić information content (AvgIpc) is 2.32. The highest BCUT2D eigenvalue weighted by atomic mass is 127. The van der Waals surface area contributed by atoms with Crippen molar-refractivity contribution >= 4 is 44.2 Å². The number of aromatic nitrogens is 1. The summed E-state index contributed by atoms with van der Waals surface area (Å²) in [4.78, 5) is 4.37. The van der Waals surface area contributed by atoms with Crippen molar-refractivity contribution in [2.75, 3.05) is 5.32 Å². The van der Waals surface area contributed by atoms with Crippen LogP contribution < -0.4 is 5.32 Å². The Hall–Kier alpha value is -0.620. The third-order valence-electron chi connectivity index (χ3n) is 2.49. The quantitative estimate of drug-likeness (QED) is 0.771. The van der Waals surface area contributed by atoms with Crippen LogP contribution in [0.5, 0.6) is 0 Å². The SMILES string of the molecule is Cc1cccnc1CNc1cc(Br)ccc1I. The minimum atomic E-state index is 0.749. The van der Waals surface area contributed by atoms with E-state index in [4.69, 9.17) is 0 Å². The van der Waals surface area contributed by atoms with Gasteiger partial charge in [-0.1, -0.05) is 22.0 Å². The summed E-state index contributed by atoms with van der Waals surface area (Å²) in [6, 6.07) is 10.2. The summed E-state index contributed by atoms with van der Waals surface area (Å²) in [6.07, 6.45) is 1.83. The molecule has 0 saturated carbocycles. The predicted molar refractivity (Wildman–Crippen MR) is 83.2 cm³/mol. The number of pyridine rings is 1. The molecular formula is C13H12BrIN2. The summed E-state index contributed by atoms with van der Waals surface area (Å²) in [5.74, 6) is 0. The second-order valence-electron chi connectivity index (χ2n) is 3.74. The first-order valence-electron chi connectivity index (χ1n) is 5.26.